The lowest BCUT2D eigenvalue weighted by atomic mass is 9.79. The molecule has 0 aliphatic carbocycles. The third-order valence-corrected chi connectivity index (χ3v) is 6.02. The van der Waals surface area contributed by atoms with E-state index < -0.39 is 28.3 Å². The van der Waals surface area contributed by atoms with E-state index in [1.54, 1.807) is 54.5 Å². The minimum Gasteiger partial charge on any atom is -0.369 e. The first-order chi connectivity index (χ1) is 15.6. The van der Waals surface area contributed by atoms with Crippen molar-refractivity contribution < 1.29 is 14.5 Å². The zero-order valence-corrected chi connectivity index (χ0v) is 21.2. The van der Waals surface area contributed by atoms with Gasteiger partial charge in [0, 0.05) is 30.8 Å². The number of hydrogen-bond acceptors (Lipinski definition) is 7. The summed E-state index contributed by atoms with van der Waals surface area (Å²) in [5, 5.41) is 15.8. The quantitative estimate of drug-likeness (QED) is 0.194. The van der Waals surface area contributed by atoms with Gasteiger partial charge in [-0.2, -0.15) is 0 Å². The number of carbonyl (C=O) groups is 2. The third kappa shape index (κ3) is 6.61. The Morgan fingerprint density at radius 1 is 1.18 bits per heavy atom. The van der Waals surface area contributed by atoms with Gasteiger partial charge in [0.1, 0.15) is 16.7 Å². The molecule has 1 heterocycles. The highest BCUT2D eigenvalue weighted by molar-refractivity contribution is 9.10. The number of carbonyl (C=O) groups excluding carboxylic acids is 2. The topological polar surface area (TPSA) is 105 Å². The fourth-order valence-electron chi connectivity index (χ4n) is 3.80. The molecule has 0 saturated heterocycles. The summed E-state index contributed by atoms with van der Waals surface area (Å²) in [4.78, 5) is 42.9. The van der Waals surface area contributed by atoms with E-state index in [2.05, 4.69) is 26.2 Å². The molecule has 2 rings (SSSR count). The van der Waals surface area contributed by atoms with E-state index in [0.29, 0.717) is 23.8 Å². The number of nitro groups is 1. The normalized spacial score (nSPS) is 12.7. The second-order valence-corrected chi connectivity index (χ2v) is 8.78. The monoisotopic (exact) mass is 536 g/mol. The van der Waals surface area contributed by atoms with E-state index in [0.717, 1.165) is 10.0 Å². The van der Waals surface area contributed by atoms with Crippen molar-refractivity contribution in [3.8, 4) is 0 Å². The molecule has 1 atom stereocenters. The standard InChI is InChI=1S/C23H26BrClN4O4/c1-5-28(13-16-6-11-19(25)27-12-16)23(26-4)22(29(32)33)21(20(14(2)30)15(3)31)17-7-9-18(24)10-8-17/h6-12,20-21,26H,5,13H2,1-4H3/b23-22-. The Bertz CT molecular complexity index is 1030. The smallest absolute Gasteiger partial charge is 0.294 e. The van der Waals surface area contributed by atoms with E-state index in [-0.39, 0.29) is 11.5 Å². The number of halogens is 2. The average Bonchev–Trinajstić information content (AvgIpc) is 2.76. The van der Waals surface area contributed by atoms with Gasteiger partial charge in [-0.25, -0.2) is 4.98 Å². The first-order valence-electron chi connectivity index (χ1n) is 10.3. The van der Waals surface area contributed by atoms with Gasteiger partial charge in [-0.05, 0) is 50.1 Å². The summed E-state index contributed by atoms with van der Waals surface area (Å²) in [5.41, 5.74) is 1.04. The highest BCUT2D eigenvalue weighted by Crippen LogP contribution is 2.36. The van der Waals surface area contributed by atoms with Crippen molar-refractivity contribution >= 4 is 39.1 Å². The van der Waals surface area contributed by atoms with Crippen molar-refractivity contribution in [2.45, 2.75) is 33.2 Å². The average molecular weight is 538 g/mol. The zero-order valence-electron chi connectivity index (χ0n) is 18.8. The van der Waals surface area contributed by atoms with E-state index in [4.69, 9.17) is 11.6 Å². The molecule has 1 unspecified atom stereocenters. The number of allylic oxidation sites excluding steroid dienone is 1. The Hall–Kier alpha value is -2.78. The van der Waals surface area contributed by atoms with Crippen LogP contribution in [0.4, 0.5) is 0 Å². The molecule has 1 N–H and O–H groups in total. The predicted octanol–water partition coefficient (Wildman–Crippen LogP) is 4.56. The summed E-state index contributed by atoms with van der Waals surface area (Å²) in [5.74, 6) is -2.93. The van der Waals surface area contributed by atoms with Crippen LogP contribution in [-0.2, 0) is 16.1 Å². The Morgan fingerprint density at radius 3 is 2.21 bits per heavy atom. The maximum Gasteiger partial charge on any atom is 0.294 e. The first-order valence-corrected chi connectivity index (χ1v) is 11.5. The Kier molecular flexibility index (Phi) is 9.55. The van der Waals surface area contributed by atoms with Crippen LogP contribution in [-0.4, -0.2) is 40.0 Å². The molecule has 0 bridgehead atoms. The number of rotatable bonds is 11. The lowest BCUT2D eigenvalue weighted by molar-refractivity contribution is -0.433. The molecule has 0 fully saturated rings. The van der Waals surface area contributed by atoms with Gasteiger partial charge in [0.25, 0.3) is 5.70 Å². The van der Waals surface area contributed by atoms with Crippen molar-refractivity contribution in [2.24, 2.45) is 5.92 Å². The van der Waals surface area contributed by atoms with Crippen LogP contribution in [0.15, 0.2) is 58.6 Å². The van der Waals surface area contributed by atoms with E-state index in [9.17, 15) is 19.7 Å². The van der Waals surface area contributed by atoms with Crippen LogP contribution in [0, 0.1) is 16.0 Å². The summed E-state index contributed by atoms with van der Waals surface area (Å²) in [7, 11) is 1.58. The molecule has 1 aromatic heterocycles. The number of nitrogens with zero attached hydrogens (tertiary/aromatic N) is 3. The number of pyridine rings is 1. The van der Waals surface area contributed by atoms with E-state index in [1.165, 1.54) is 13.8 Å². The molecule has 0 aliphatic heterocycles. The molecule has 1 aromatic carbocycles. The maximum absolute atomic E-state index is 12.5. The number of Topliss-reactive ketones (excluding diaryl/α,β-unsaturated/α-hetero) is 2. The van der Waals surface area contributed by atoms with Crippen molar-refractivity contribution in [1.82, 2.24) is 15.2 Å². The van der Waals surface area contributed by atoms with Crippen LogP contribution in [0.5, 0.6) is 0 Å². The summed E-state index contributed by atoms with van der Waals surface area (Å²) in [6, 6.07) is 10.3. The fourth-order valence-corrected chi connectivity index (χ4v) is 4.17. The van der Waals surface area contributed by atoms with E-state index in [1.807, 2.05) is 6.92 Å². The number of ketones is 2. The molecule has 176 valence electrons. The zero-order chi connectivity index (χ0) is 24.7. The van der Waals surface area contributed by atoms with Gasteiger partial charge in [0.2, 0.25) is 0 Å². The van der Waals surface area contributed by atoms with Crippen molar-refractivity contribution in [1.29, 1.82) is 0 Å². The molecular weight excluding hydrogens is 512 g/mol. The third-order valence-electron chi connectivity index (χ3n) is 5.27. The van der Waals surface area contributed by atoms with Crippen molar-refractivity contribution in [3.63, 3.8) is 0 Å². The van der Waals surface area contributed by atoms with Crippen molar-refractivity contribution in [3.05, 3.63) is 85.0 Å². The summed E-state index contributed by atoms with van der Waals surface area (Å²) >= 11 is 9.23. The molecule has 2 aromatic rings. The molecule has 8 nitrogen and oxygen atoms in total. The van der Waals surface area contributed by atoms with Crippen LogP contribution in [0.25, 0.3) is 0 Å². The lowest BCUT2D eigenvalue weighted by Crippen LogP contribution is -2.37. The first kappa shape index (κ1) is 26.5. The number of aromatic nitrogens is 1. The summed E-state index contributed by atoms with van der Waals surface area (Å²) < 4.78 is 0.776. The van der Waals surface area contributed by atoms with Gasteiger partial charge in [-0.3, -0.25) is 19.7 Å². The van der Waals surface area contributed by atoms with Gasteiger partial charge in [0.15, 0.2) is 5.82 Å². The second-order valence-electron chi connectivity index (χ2n) is 7.47. The van der Waals surface area contributed by atoms with Gasteiger partial charge < -0.3 is 10.2 Å². The minimum absolute atomic E-state index is 0.220. The molecule has 0 saturated carbocycles. The van der Waals surface area contributed by atoms with E-state index >= 15 is 0 Å². The number of nitrogens with one attached hydrogen (secondary N) is 1. The number of hydrogen-bond donors (Lipinski definition) is 1. The Balaban J connectivity index is 2.74. The van der Waals surface area contributed by atoms with Crippen LogP contribution in [0.3, 0.4) is 0 Å². The van der Waals surface area contributed by atoms with Crippen LogP contribution in [0.1, 0.15) is 37.8 Å². The predicted molar refractivity (Wildman–Crippen MR) is 130 cm³/mol. The second kappa shape index (κ2) is 11.9. The van der Waals surface area contributed by atoms with Gasteiger partial charge >= 0.3 is 0 Å². The van der Waals surface area contributed by atoms with Gasteiger partial charge in [-0.1, -0.05) is 45.7 Å². The number of benzene rings is 1. The minimum atomic E-state index is -1.20. The molecule has 10 heteroatoms. The molecule has 33 heavy (non-hydrogen) atoms. The van der Waals surface area contributed by atoms with Gasteiger partial charge in [-0.15, -0.1) is 0 Å². The summed E-state index contributed by atoms with van der Waals surface area (Å²) in [6.45, 7) is 5.16. The van der Waals surface area contributed by atoms with Crippen LogP contribution < -0.4 is 5.32 Å². The molecule has 0 spiro atoms. The SMILES string of the molecule is CCN(Cc1ccc(Cl)nc1)/C(NC)=C(/C(c1ccc(Br)cc1)C(C(C)=O)C(C)=O)[N+](=O)[O-]. The molecule has 0 radical (unpaired) electrons. The van der Waals surface area contributed by atoms with Crippen LogP contribution in [0.2, 0.25) is 5.15 Å². The fraction of sp³-hybridized carbons (Fsp3) is 0.348. The largest absolute Gasteiger partial charge is 0.369 e. The highest BCUT2D eigenvalue weighted by Gasteiger charge is 2.42. The summed E-state index contributed by atoms with van der Waals surface area (Å²) in [6.07, 6.45) is 1.60. The lowest BCUT2D eigenvalue weighted by Gasteiger charge is -2.29. The Morgan fingerprint density at radius 2 is 1.79 bits per heavy atom. The molecule has 0 aliphatic rings. The van der Waals surface area contributed by atoms with Crippen molar-refractivity contribution in [2.75, 3.05) is 13.6 Å². The maximum atomic E-state index is 12.5. The van der Waals surface area contributed by atoms with Crippen LogP contribution >= 0.6 is 27.5 Å². The van der Waals surface area contributed by atoms with Gasteiger partial charge in [0.05, 0.1) is 16.8 Å². The molecular formula is C23H26BrClN4O4. The Labute approximate surface area is 206 Å². The molecule has 0 amide bonds. The highest BCUT2D eigenvalue weighted by atomic mass is 79.9.